The van der Waals surface area contributed by atoms with Crippen LogP contribution in [0.2, 0.25) is 0 Å². The van der Waals surface area contributed by atoms with E-state index in [4.69, 9.17) is 4.74 Å². The summed E-state index contributed by atoms with van der Waals surface area (Å²) >= 11 is 0. The normalized spacial score (nSPS) is 18.5. The molecule has 4 rings (SSSR count). The van der Waals surface area contributed by atoms with Crippen molar-refractivity contribution in [2.24, 2.45) is 5.41 Å². The first-order valence-corrected chi connectivity index (χ1v) is 10.7. The Bertz CT molecular complexity index is 1070. The fraction of sp³-hybridized carbons (Fsp3) is 0.360. The molecule has 0 aliphatic carbocycles. The van der Waals surface area contributed by atoms with Gasteiger partial charge in [0.2, 0.25) is 0 Å². The molecular formula is C25H26N2O5. The summed E-state index contributed by atoms with van der Waals surface area (Å²) in [7, 11) is 0. The zero-order valence-electron chi connectivity index (χ0n) is 18.5. The van der Waals surface area contributed by atoms with E-state index < -0.39 is 17.6 Å². The highest BCUT2D eigenvalue weighted by atomic mass is 16.6. The highest BCUT2D eigenvalue weighted by molar-refractivity contribution is 6.21. The highest BCUT2D eigenvalue weighted by Gasteiger charge is 2.39. The van der Waals surface area contributed by atoms with Crippen LogP contribution in [0.4, 0.5) is 4.79 Å². The molecule has 7 nitrogen and oxygen atoms in total. The first-order valence-electron chi connectivity index (χ1n) is 10.7. The molecule has 0 radical (unpaired) electrons. The van der Waals surface area contributed by atoms with E-state index >= 15 is 0 Å². The summed E-state index contributed by atoms with van der Waals surface area (Å²) in [4.78, 5) is 52.8. The maximum Gasteiger partial charge on any atom is 0.410 e. The van der Waals surface area contributed by atoms with Crippen LogP contribution in [-0.2, 0) is 16.1 Å². The van der Waals surface area contributed by atoms with Gasteiger partial charge in [0.1, 0.15) is 12.4 Å². The Balaban J connectivity index is 1.43. The van der Waals surface area contributed by atoms with Gasteiger partial charge in [-0.3, -0.25) is 19.3 Å². The van der Waals surface area contributed by atoms with Gasteiger partial charge in [0.05, 0.1) is 17.2 Å². The topological polar surface area (TPSA) is 84.0 Å². The second kappa shape index (κ2) is 8.22. The summed E-state index contributed by atoms with van der Waals surface area (Å²) in [6.07, 6.45) is -0.126. The number of fused-ring (bicyclic) bond motifs is 1. The Morgan fingerprint density at radius 2 is 1.69 bits per heavy atom. The van der Waals surface area contributed by atoms with Gasteiger partial charge in [-0.2, -0.15) is 0 Å². The van der Waals surface area contributed by atoms with Gasteiger partial charge in [-0.1, -0.05) is 50.2 Å². The Morgan fingerprint density at radius 3 is 2.31 bits per heavy atom. The van der Waals surface area contributed by atoms with Crippen molar-refractivity contribution in [1.82, 2.24) is 9.80 Å². The molecular weight excluding hydrogens is 408 g/mol. The van der Waals surface area contributed by atoms with E-state index in [2.05, 4.69) is 0 Å². The lowest BCUT2D eigenvalue weighted by Crippen LogP contribution is -2.48. The number of Topliss-reactive ketones (excluding diaryl/α,β-unsaturated/α-hetero) is 1. The average Bonchev–Trinajstić information content (AvgIpc) is 3.04. The minimum absolute atomic E-state index is 0.0619. The molecule has 2 heterocycles. The minimum atomic E-state index is -0.570. The number of ketones is 1. The Hall–Kier alpha value is -3.48. The van der Waals surface area contributed by atoms with Crippen molar-refractivity contribution in [3.63, 3.8) is 0 Å². The zero-order valence-corrected chi connectivity index (χ0v) is 18.5. The smallest absolute Gasteiger partial charge is 0.410 e. The molecule has 7 heteroatoms. The number of likely N-dealkylation sites (tertiary alicyclic amines) is 1. The number of carbonyl (C=O) groups excluding carboxylic acids is 4. The first kappa shape index (κ1) is 21.7. The van der Waals surface area contributed by atoms with Crippen LogP contribution in [0, 0.1) is 5.41 Å². The number of rotatable bonds is 4. The molecule has 1 atom stereocenters. The molecule has 2 aliphatic rings. The van der Waals surface area contributed by atoms with Gasteiger partial charge < -0.3 is 9.64 Å². The molecule has 3 amide bonds. The third-order valence-corrected chi connectivity index (χ3v) is 6.22. The van der Waals surface area contributed by atoms with Gasteiger partial charge in [0.25, 0.3) is 11.8 Å². The zero-order chi connectivity index (χ0) is 23.0. The van der Waals surface area contributed by atoms with E-state index in [1.165, 1.54) is 4.90 Å². The summed E-state index contributed by atoms with van der Waals surface area (Å²) in [6, 6.07) is 13.7. The van der Waals surface area contributed by atoms with Crippen LogP contribution >= 0.6 is 0 Å². The monoisotopic (exact) mass is 434 g/mol. The SMILES string of the molecule is CC(c1cccc(COC(=O)N2CCC(=O)C(C)(C)C2)c1)N1C(=O)c2ccccc2C1=O. The lowest BCUT2D eigenvalue weighted by molar-refractivity contribution is -0.130. The van der Waals surface area contributed by atoms with Crippen LogP contribution in [0.5, 0.6) is 0 Å². The number of carbonyl (C=O) groups is 4. The molecule has 0 N–H and O–H groups in total. The van der Waals surface area contributed by atoms with Gasteiger partial charge in [-0.15, -0.1) is 0 Å². The lowest BCUT2D eigenvalue weighted by atomic mass is 9.83. The Morgan fingerprint density at radius 1 is 1.03 bits per heavy atom. The van der Waals surface area contributed by atoms with Crippen LogP contribution < -0.4 is 0 Å². The molecule has 1 saturated heterocycles. The van der Waals surface area contributed by atoms with Crippen molar-refractivity contribution < 1.29 is 23.9 Å². The molecule has 0 saturated carbocycles. The quantitative estimate of drug-likeness (QED) is 0.680. The first-order chi connectivity index (χ1) is 15.2. The van der Waals surface area contributed by atoms with Crippen molar-refractivity contribution in [3.8, 4) is 0 Å². The molecule has 1 fully saturated rings. The van der Waals surface area contributed by atoms with Gasteiger partial charge in [-0.05, 0) is 30.2 Å². The van der Waals surface area contributed by atoms with Gasteiger partial charge in [0, 0.05) is 24.9 Å². The van der Waals surface area contributed by atoms with E-state index in [0.29, 0.717) is 30.6 Å². The Kier molecular flexibility index (Phi) is 5.59. The van der Waals surface area contributed by atoms with Crippen molar-refractivity contribution in [3.05, 3.63) is 70.8 Å². The number of hydrogen-bond acceptors (Lipinski definition) is 5. The van der Waals surface area contributed by atoms with E-state index in [1.807, 2.05) is 38.1 Å². The van der Waals surface area contributed by atoms with E-state index in [-0.39, 0.29) is 24.2 Å². The van der Waals surface area contributed by atoms with Gasteiger partial charge >= 0.3 is 6.09 Å². The maximum atomic E-state index is 12.8. The molecule has 2 aromatic carbocycles. The van der Waals surface area contributed by atoms with Crippen LogP contribution in [0.1, 0.15) is 65.1 Å². The highest BCUT2D eigenvalue weighted by Crippen LogP contribution is 2.31. The summed E-state index contributed by atoms with van der Waals surface area (Å²) in [5, 5.41) is 0. The molecule has 1 unspecified atom stereocenters. The predicted octanol–water partition coefficient (Wildman–Crippen LogP) is 3.98. The minimum Gasteiger partial charge on any atom is -0.445 e. The van der Waals surface area contributed by atoms with Crippen LogP contribution in [-0.4, -0.2) is 46.6 Å². The number of nitrogens with zero attached hydrogens (tertiary/aromatic N) is 2. The van der Waals surface area contributed by atoms with E-state index in [1.54, 1.807) is 36.1 Å². The summed E-state index contributed by atoms with van der Waals surface area (Å²) in [5.74, 6) is -0.467. The third kappa shape index (κ3) is 3.90. The standard InChI is InChI=1S/C25H26N2O5/c1-16(27-22(29)19-9-4-5-10-20(19)23(27)30)18-8-6-7-17(13-18)14-32-24(31)26-12-11-21(28)25(2,3)15-26/h4-10,13,16H,11-12,14-15H2,1-3H3. The molecule has 2 aromatic rings. The molecule has 166 valence electrons. The number of ether oxygens (including phenoxy) is 1. The molecule has 0 aromatic heterocycles. The van der Waals surface area contributed by atoms with Gasteiger partial charge in [-0.25, -0.2) is 4.79 Å². The molecule has 0 bridgehead atoms. The van der Waals surface area contributed by atoms with E-state index in [9.17, 15) is 19.2 Å². The van der Waals surface area contributed by atoms with Crippen molar-refractivity contribution in [1.29, 1.82) is 0 Å². The number of hydrogen-bond donors (Lipinski definition) is 0. The lowest BCUT2D eigenvalue weighted by Gasteiger charge is -2.36. The molecule has 32 heavy (non-hydrogen) atoms. The van der Waals surface area contributed by atoms with E-state index in [0.717, 1.165) is 11.1 Å². The number of benzene rings is 2. The van der Waals surface area contributed by atoms with Crippen molar-refractivity contribution in [2.75, 3.05) is 13.1 Å². The maximum absolute atomic E-state index is 12.8. The van der Waals surface area contributed by atoms with Crippen molar-refractivity contribution in [2.45, 2.75) is 39.8 Å². The Labute approximate surface area is 187 Å². The predicted molar refractivity (Wildman–Crippen MR) is 117 cm³/mol. The second-order valence-corrected chi connectivity index (χ2v) is 8.98. The molecule has 2 aliphatic heterocycles. The van der Waals surface area contributed by atoms with Crippen LogP contribution in [0.15, 0.2) is 48.5 Å². The fourth-order valence-corrected chi connectivity index (χ4v) is 4.26. The fourth-order valence-electron chi connectivity index (χ4n) is 4.26. The number of imide groups is 1. The number of amides is 3. The summed E-state index contributed by atoms with van der Waals surface area (Å²) in [5.41, 5.74) is 1.79. The average molecular weight is 434 g/mol. The largest absolute Gasteiger partial charge is 0.445 e. The number of piperidine rings is 1. The van der Waals surface area contributed by atoms with Gasteiger partial charge in [0.15, 0.2) is 0 Å². The van der Waals surface area contributed by atoms with Crippen LogP contribution in [0.3, 0.4) is 0 Å². The molecule has 0 spiro atoms. The van der Waals surface area contributed by atoms with Crippen LogP contribution in [0.25, 0.3) is 0 Å². The second-order valence-electron chi connectivity index (χ2n) is 8.98. The summed E-state index contributed by atoms with van der Waals surface area (Å²) < 4.78 is 5.48. The van der Waals surface area contributed by atoms with Crippen molar-refractivity contribution >= 4 is 23.7 Å². The summed E-state index contributed by atoms with van der Waals surface area (Å²) in [6.45, 7) is 6.23. The third-order valence-electron chi connectivity index (χ3n) is 6.22.